The van der Waals surface area contributed by atoms with Gasteiger partial charge >= 0.3 is 6.18 Å². The number of alkyl halides is 3. The van der Waals surface area contributed by atoms with E-state index in [0.29, 0.717) is 24.0 Å². The molecule has 0 radical (unpaired) electrons. The van der Waals surface area contributed by atoms with Gasteiger partial charge in [0, 0.05) is 46.2 Å². The Morgan fingerprint density at radius 1 is 1.04 bits per heavy atom. The number of hydrogen-bond acceptors (Lipinski definition) is 1. The number of aromatic amines is 1. The zero-order valence-electron chi connectivity index (χ0n) is 14.9. The third kappa shape index (κ3) is 3.74. The van der Waals surface area contributed by atoms with Crippen LogP contribution in [-0.2, 0) is 6.18 Å². The minimum absolute atomic E-state index is 0.226. The summed E-state index contributed by atoms with van der Waals surface area (Å²) in [7, 11) is 0. The second-order valence-corrected chi connectivity index (χ2v) is 7.53. The van der Waals surface area contributed by atoms with Crippen LogP contribution in [0.25, 0.3) is 10.9 Å². The number of hydrogen-bond donors (Lipinski definition) is 1. The fourth-order valence-corrected chi connectivity index (χ4v) is 3.90. The zero-order valence-corrected chi connectivity index (χ0v) is 15.6. The summed E-state index contributed by atoms with van der Waals surface area (Å²) in [6.45, 7) is 1.14. The number of amides is 1. The average molecular weight is 407 g/mol. The van der Waals surface area contributed by atoms with E-state index in [2.05, 4.69) is 11.1 Å². The van der Waals surface area contributed by atoms with Gasteiger partial charge in [-0.1, -0.05) is 11.6 Å². The van der Waals surface area contributed by atoms with Crippen LogP contribution in [0.4, 0.5) is 13.2 Å². The molecule has 1 amide bonds. The zero-order chi connectivity index (χ0) is 19.9. The molecule has 2 aromatic carbocycles. The fraction of sp³-hybridized carbons (Fsp3) is 0.286. The lowest BCUT2D eigenvalue weighted by Crippen LogP contribution is -2.38. The maximum Gasteiger partial charge on any atom is 0.416 e. The molecule has 2 heterocycles. The molecular formula is C21H18ClF3N2O. The molecule has 3 aromatic rings. The lowest BCUT2D eigenvalue weighted by molar-refractivity contribution is -0.137. The summed E-state index contributed by atoms with van der Waals surface area (Å²) in [5.41, 5.74) is 1.69. The van der Waals surface area contributed by atoms with Crippen LogP contribution in [-0.4, -0.2) is 28.9 Å². The van der Waals surface area contributed by atoms with Crippen molar-refractivity contribution in [2.75, 3.05) is 13.1 Å². The van der Waals surface area contributed by atoms with E-state index >= 15 is 0 Å². The number of carbonyl (C=O) groups excluding carboxylic acids is 1. The molecule has 0 spiro atoms. The summed E-state index contributed by atoms with van der Waals surface area (Å²) in [6.07, 6.45) is -2.80. The number of H-pyrrole nitrogens is 1. The van der Waals surface area contributed by atoms with Gasteiger partial charge in [0.2, 0.25) is 0 Å². The Balaban J connectivity index is 1.42. The second-order valence-electron chi connectivity index (χ2n) is 7.10. The van der Waals surface area contributed by atoms with Gasteiger partial charge in [-0.3, -0.25) is 4.79 Å². The van der Waals surface area contributed by atoms with Gasteiger partial charge in [0.25, 0.3) is 5.91 Å². The van der Waals surface area contributed by atoms with Crippen LogP contribution in [0.1, 0.15) is 40.4 Å². The highest BCUT2D eigenvalue weighted by atomic mass is 35.5. The number of piperidine rings is 1. The average Bonchev–Trinajstić information content (AvgIpc) is 3.10. The third-order valence-corrected chi connectivity index (χ3v) is 5.52. The summed E-state index contributed by atoms with van der Waals surface area (Å²) in [4.78, 5) is 17.7. The van der Waals surface area contributed by atoms with Gasteiger partial charge in [-0.05, 0) is 61.4 Å². The maximum atomic E-state index is 12.7. The number of aromatic nitrogens is 1. The van der Waals surface area contributed by atoms with Gasteiger partial charge in [-0.15, -0.1) is 0 Å². The first-order chi connectivity index (χ1) is 13.3. The molecule has 0 atom stereocenters. The predicted octanol–water partition coefficient (Wildman–Crippen LogP) is 5.86. The first-order valence-electron chi connectivity index (χ1n) is 9.06. The highest BCUT2D eigenvalue weighted by molar-refractivity contribution is 6.31. The van der Waals surface area contributed by atoms with Crippen molar-refractivity contribution >= 4 is 28.4 Å². The van der Waals surface area contributed by atoms with Gasteiger partial charge in [0.1, 0.15) is 0 Å². The molecule has 0 aliphatic carbocycles. The van der Waals surface area contributed by atoms with Crippen molar-refractivity contribution in [3.05, 3.63) is 70.4 Å². The highest BCUT2D eigenvalue weighted by Gasteiger charge is 2.31. The maximum absolute atomic E-state index is 12.7. The van der Waals surface area contributed by atoms with Gasteiger partial charge in [-0.25, -0.2) is 0 Å². The monoisotopic (exact) mass is 406 g/mol. The Kier molecular flexibility index (Phi) is 4.83. The van der Waals surface area contributed by atoms with Crippen LogP contribution in [0.2, 0.25) is 5.02 Å². The number of fused-ring (bicyclic) bond motifs is 1. The topological polar surface area (TPSA) is 36.1 Å². The minimum Gasteiger partial charge on any atom is -0.358 e. The highest BCUT2D eigenvalue weighted by Crippen LogP contribution is 2.32. The van der Waals surface area contributed by atoms with Crippen molar-refractivity contribution in [3.63, 3.8) is 0 Å². The molecule has 0 saturated carbocycles. The Labute approximate surface area is 165 Å². The fourth-order valence-electron chi connectivity index (χ4n) is 3.72. The lowest BCUT2D eigenvalue weighted by Gasteiger charge is -2.31. The second kappa shape index (κ2) is 7.17. The molecule has 4 rings (SSSR count). The van der Waals surface area contributed by atoms with E-state index in [4.69, 9.17) is 11.6 Å². The van der Waals surface area contributed by atoms with E-state index in [1.54, 1.807) is 4.90 Å². The summed E-state index contributed by atoms with van der Waals surface area (Å²) >= 11 is 6.04. The van der Waals surface area contributed by atoms with E-state index in [1.807, 2.05) is 18.2 Å². The van der Waals surface area contributed by atoms with Crippen molar-refractivity contribution < 1.29 is 18.0 Å². The van der Waals surface area contributed by atoms with Gasteiger partial charge < -0.3 is 9.88 Å². The Morgan fingerprint density at radius 3 is 2.36 bits per heavy atom. The molecular weight excluding hydrogens is 389 g/mol. The van der Waals surface area contributed by atoms with Crippen molar-refractivity contribution in [2.24, 2.45) is 0 Å². The van der Waals surface area contributed by atoms with Crippen LogP contribution in [0, 0.1) is 0 Å². The summed E-state index contributed by atoms with van der Waals surface area (Å²) in [5.74, 6) is 0.0819. The third-order valence-electron chi connectivity index (χ3n) is 5.28. The molecule has 146 valence electrons. The molecule has 3 nitrogen and oxygen atoms in total. The van der Waals surface area contributed by atoms with Crippen LogP contribution in [0.3, 0.4) is 0 Å². The van der Waals surface area contributed by atoms with Crippen molar-refractivity contribution in [2.45, 2.75) is 24.9 Å². The van der Waals surface area contributed by atoms with E-state index in [1.165, 1.54) is 12.1 Å². The summed E-state index contributed by atoms with van der Waals surface area (Å²) < 4.78 is 38.0. The molecule has 28 heavy (non-hydrogen) atoms. The number of carbonyl (C=O) groups is 1. The van der Waals surface area contributed by atoms with Crippen molar-refractivity contribution in [1.29, 1.82) is 0 Å². The molecule has 0 bridgehead atoms. The number of nitrogens with one attached hydrogen (secondary N) is 1. The van der Waals surface area contributed by atoms with E-state index in [0.717, 1.165) is 41.6 Å². The van der Waals surface area contributed by atoms with Crippen LogP contribution >= 0.6 is 11.6 Å². The molecule has 1 aliphatic rings. The quantitative estimate of drug-likeness (QED) is 0.568. The van der Waals surface area contributed by atoms with Gasteiger partial charge in [0.15, 0.2) is 0 Å². The van der Waals surface area contributed by atoms with Crippen LogP contribution in [0.5, 0.6) is 0 Å². The molecule has 1 aliphatic heterocycles. The predicted molar refractivity (Wildman–Crippen MR) is 103 cm³/mol. The smallest absolute Gasteiger partial charge is 0.358 e. The molecule has 1 N–H and O–H groups in total. The van der Waals surface area contributed by atoms with Crippen LogP contribution < -0.4 is 0 Å². The number of benzene rings is 2. The first kappa shape index (κ1) is 18.9. The number of nitrogens with zero attached hydrogens (tertiary/aromatic N) is 1. The molecule has 1 fully saturated rings. The number of halogens is 4. The van der Waals surface area contributed by atoms with E-state index in [-0.39, 0.29) is 11.5 Å². The summed E-state index contributed by atoms with van der Waals surface area (Å²) in [6, 6.07) is 12.2. The largest absolute Gasteiger partial charge is 0.416 e. The van der Waals surface area contributed by atoms with Crippen molar-refractivity contribution in [3.8, 4) is 0 Å². The summed E-state index contributed by atoms with van der Waals surface area (Å²) in [5, 5.41) is 1.75. The standard InChI is InChI=1S/C21H18ClF3N2O/c22-17-5-6-18-15(11-17)12-19(26-18)13-7-9-27(10-8-13)20(28)14-1-3-16(4-2-14)21(23,24)25/h1-6,11-13,26H,7-10H2. The Morgan fingerprint density at radius 2 is 1.71 bits per heavy atom. The van der Waals surface area contributed by atoms with E-state index < -0.39 is 11.7 Å². The SMILES string of the molecule is O=C(c1ccc(C(F)(F)F)cc1)N1CCC(c2cc3cc(Cl)ccc3[nH]2)CC1. The van der Waals surface area contributed by atoms with Gasteiger partial charge in [0.05, 0.1) is 5.56 Å². The van der Waals surface area contributed by atoms with Crippen LogP contribution in [0.15, 0.2) is 48.5 Å². The number of likely N-dealkylation sites (tertiary alicyclic amines) is 1. The Hall–Kier alpha value is -2.47. The normalized spacial score (nSPS) is 15.9. The van der Waals surface area contributed by atoms with Crippen molar-refractivity contribution in [1.82, 2.24) is 9.88 Å². The molecule has 1 aromatic heterocycles. The van der Waals surface area contributed by atoms with Gasteiger partial charge in [-0.2, -0.15) is 13.2 Å². The Bertz CT molecular complexity index is 1000. The molecule has 7 heteroatoms. The lowest BCUT2D eigenvalue weighted by atomic mass is 9.93. The number of rotatable bonds is 2. The first-order valence-corrected chi connectivity index (χ1v) is 9.44. The molecule has 0 unspecified atom stereocenters. The minimum atomic E-state index is -4.40. The van der Waals surface area contributed by atoms with E-state index in [9.17, 15) is 18.0 Å². The molecule has 1 saturated heterocycles.